The fourth-order valence-electron chi connectivity index (χ4n) is 2.29. The van der Waals surface area contributed by atoms with Crippen LogP contribution >= 0.6 is 0 Å². The molecule has 0 aliphatic heterocycles. The minimum Gasteiger partial charge on any atom is -0.485 e. The Hall–Kier alpha value is -1.92. The standard InChI is InChI=1S/C16H21N3O3/c1-12-18-15(19-22-12)9-21-14-4-2-13(3-5-14)8-17-10-16(11-20)6-7-16/h2-5,17,20H,6-11H2,1H3. The van der Waals surface area contributed by atoms with Crippen LogP contribution in [0.4, 0.5) is 0 Å². The van der Waals surface area contributed by atoms with Gasteiger partial charge in [0.25, 0.3) is 0 Å². The molecule has 1 saturated carbocycles. The van der Waals surface area contributed by atoms with E-state index in [4.69, 9.17) is 9.26 Å². The minimum atomic E-state index is 0.145. The molecule has 0 unspecified atom stereocenters. The molecule has 0 bridgehead atoms. The van der Waals surface area contributed by atoms with E-state index in [0.29, 0.717) is 18.3 Å². The van der Waals surface area contributed by atoms with Crippen molar-refractivity contribution in [1.82, 2.24) is 15.5 Å². The van der Waals surface area contributed by atoms with E-state index in [2.05, 4.69) is 15.5 Å². The van der Waals surface area contributed by atoms with E-state index in [1.54, 1.807) is 6.92 Å². The van der Waals surface area contributed by atoms with Crippen molar-refractivity contribution in [3.8, 4) is 5.75 Å². The van der Waals surface area contributed by atoms with Gasteiger partial charge in [0.1, 0.15) is 5.75 Å². The van der Waals surface area contributed by atoms with Gasteiger partial charge in [-0.3, -0.25) is 0 Å². The fourth-order valence-corrected chi connectivity index (χ4v) is 2.29. The number of aliphatic hydroxyl groups is 1. The molecule has 0 radical (unpaired) electrons. The first-order chi connectivity index (χ1) is 10.7. The second kappa shape index (κ2) is 6.46. The first-order valence-electron chi connectivity index (χ1n) is 7.52. The maximum Gasteiger partial charge on any atom is 0.223 e. The van der Waals surface area contributed by atoms with Crippen LogP contribution in [0.3, 0.4) is 0 Å². The third-order valence-corrected chi connectivity index (χ3v) is 3.98. The lowest BCUT2D eigenvalue weighted by atomic mass is 10.1. The highest BCUT2D eigenvalue weighted by molar-refractivity contribution is 5.27. The van der Waals surface area contributed by atoms with Crippen LogP contribution in [0.25, 0.3) is 0 Å². The average Bonchev–Trinajstić information content (AvgIpc) is 3.20. The molecule has 2 N–H and O–H groups in total. The van der Waals surface area contributed by atoms with Gasteiger partial charge in [0.15, 0.2) is 6.61 Å². The van der Waals surface area contributed by atoms with Crippen LogP contribution < -0.4 is 10.1 Å². The molecule has 6 nitrogen and oxygen atoms in total. The van der Waals surface area contributed by atoms with Gasteiger partial charge in [0.05, 0.1) is 0 Å². The first-order valence-corrected chi connectivity index (χ1v) is 7.52. The largest absolute Gasteiger partial charge is 0.485 e. The summed E-state index contributed by atoms with van der Waals surface area (Å²) in [5, 5.41) is 16.5. The molecule has 1 aromatic carbocycles. The number of aromatic nitrogens is 2. The van der Waals surface area contributed by atoms with Crippen LogP contribution in [0.1, 0.15) is 30.1 Å². The fraction of sp³-hybridized carbons (Fsp3) is 0.500. The second-order valence-electron chi connectivity index (χ2n) is 5.92. The van der Waals surface area contributed by atoms with Crippen molar-refractivity contribution < 1.29 is 14.4 Å². The highest BCUT2D eigenvalue weighted by atomic mass is 16.5. The monoisotopic (exact) mass is 303 g/mol. The molecule has 118 valence electrons. The number of nitrogens with zero attached hydrogens (tertiary/aromatic N) is 2. The molecule has 1 aliphatic carbocycles. The Balaban J connectivity index is 1.43. The highest BCUT2D eigenvalue weighted by Crippen LogP contribution is 2.44. The number of hydrogen-bond acceptors (Lipinski definition) is 6. The van der Waals surface area contributed by atoms with Gasteiger partial charge in [-0.2, -0.15) is 4.98 Å². The summed E-state index contributed by atoms with van der Waals surface area (Å²) < 4.78 is 10.5. The molecule has 22 heavy (non-hydrogen) atoms. The summed E-state index contributed by atoms with van der Waals surface area (Å²) in [6.07, 6.45) is 2.25. The quantitative estimate of drug-likeness (QED) is 0.774. The molecule has 3 rings (SSSR count). The molecular weight excluding hydrogens is 282 g/mol. The third-order valence-electron chi connectivity index (χ3n) is 3.98. The van der Waals surface area contributed by atoms with Gasteiger partial charge in [-0.15, -0.1) is 0 Å². The van der Waals surface area contributed by atoms with Crippen LogP contribution in [-0.4, -0.2) is 28.4 Å². The average molecular weight is 303 g/mol. The van der Waals surface area contributed by atoms with E-state index in [-0.39, 0.29) is 12.0 Å². The molecule has 1 fully saturated rings. The zero-order valence-corrected chi connectivity index (χ0v) is 12.7. The first kappa shape index (κ1) is 15.0. The van der Waals surface area contributed by atoms with Gasteiger partial charge in [-0.25, -0.2) is 0 Å². The lowest BCUT2D eigenvalue weighted by Crippen LogP contribution is -2.26. The molecule has 0 atom stereocenters. The predicted molar refractivity (Wildman–Crippen MR) is 80.3 cm³/mol. The summed E-state index contributed by atoms with van der Waals surface area (Å²) in [5.74, 6) is 1.86. The molecule has 0 amide bonds. The van der Waals surface area contributed by atoms with Gasteiger partial charge >= 0.3 is 0 Å². The van der Waals surface area contributed by atoms with E-state index >= 15 is 0 Å². The molecular formula is C16H21N3O3. The van der Waals surface area contributed by atoms with Gasteiger partial charge in [0.2, 0.25) is 11.7 Å². The number of ether oxygens (including phenoxy) is 1. The van der Waals surface area contributed by atoms with Gasteiger partial charge in [0, 0.05) is 32.0 Å². The molecule has 0 saturated heterocycles. The van der Waals surface area contributed by atoms with Crippen LogP contribution in [0.5, 0.6) is 5.75 Å². The van der Waals surface area contributed by atoms with E-state index in [9.17, 15) is 5.11 Å². The smallest absolute Gasteiger partial charge is 0.223 e. The third kappa shape index (κ3) is 3.84. The van der Waals surface area contributed by atoms with Crippen molar-refractivity contribution in [2.45, 2.75) is 32.9 Å². The Kier molecular flexibility index (Phi) is 4.40. The van der Waals surface area contributed by atoms with E-state index in [0.717, 1.165) is 31.7 Å². The van der Waals surface area contributed by atoms with Crippen molar-refractivity contribution in [1.29, 1.82) is 0 Å². The number of aliphatic hydroxyl groups excluding tert-OH is 1. The number of hydrogen-bond donors (Lipinski definition) is 2. The molecule has 1 aliphatic rings. The zero-order chi connectivity index (χ0) is 15.4. The Bertz CT molecular complexity index is 605. The van der Waals surface area contributed by atoms with E-state index in [1.165, 1.54) is 5.56 Å². The normalized spacial score (nSPS) is 15.7. The van der Waals surface area contributed by atoms with Crippen molar-refractivity contribution in [2.75, 3.05) is 13.2 Å². The van der Waals surface area contributed by atoms with Crippen molar-refractivity contribution in [3.63, 3.8) is 0 Å². The maximum absolute atomic E-state index is 9.27. The Morgan fingerprint density at radius 2 is 2.09 bits per heavy atom. The SMILES string of the molecule is Cc1nc(COc2ccc(CNCC3(CO)CC3)cc2)no1. The van der Waals surface area contributed by atoms with Crippen molar-refractivity contribution >= 4 is 0 Å². The Morgan fingerprint density at radius 1 is 1.32 bits per heavy atom. The number of benzene rings is 1. The molecule has 2 aromatic rings. The number of rotatable bonds is 8. The highest BCUT2D eigenvalue weighted by Gasteiger charge is 2.41. The summed E-state index contributed by atoms with van der Waals surface area (Å²) in [6, 6.07) is 7.93. The summed E-state index contributed by atoms with van der Waals surface area (Å²) >= 11 is 0. The summed E-state index contributed by atoms with van der Waals surface area (Å²) in [7, 11) is 0. The lowest BCUT2D eigenvalue weighted by molar-refractivity contribution is 0.207. The van der Waals surface area contributed by atoms with Crippen molar-refractivity contribution in [2.24, 2.45) is 5.41 Å². The maximum atomic E-state index is 9.27. The van der Waals surface area contributed by atoms with Crippen LogP contribution in [0.15, 0.2) is 28.8 Å². The topological polar surface area (TPSA) is 80.4 Å². The van der Waals surface area contributed by atoms with E-state index < -0.39 is 0 Å². The predicted octanol–water partition coefficient (Wildman–Crippen LogP) is 1.82. The summed E-state index contributed by atoms with van der Waals surface area (Å²) in [4.78, 5) is 4.09. The lowest BCUT2D eigenvalue weighted by Gasteiger charge is -2.12. The molecule has 0 spiro atoms. The molecule has 1 heterocycles. The van der Waals surface area contributed by atoms with Crippen LogP contribution in [-0.2, 0) is 13.2 Å². The zero-order valence-electron chi connectivity index (χ0n) is 12.7. The summed E-state index contributed by atoms with van der Waals surface area (Å²) in [6.45, 7) is 4.00. The van der Waals surface area contributed by atoms with E-state index in [1.807, 2.05) is 24.3 Å². The number of aryl methyl sites for hydroxylation is 1. The van der Waals surface area contributed by atoms with Crippen LogP contribution in [0, 0.1) is 12.3 Å². The number of nitrogens with one attached hydrogen (secondary N) is 1. The second-order valence-corrected chi connectivity index (χ2v) is 5.92. The Labute approximate surface area is 129 Å². The molecule has 6 heteroatoms. The van der Waals surface area contributed by atoms with Gasteiger partial charge in [-0.1, -0.05) is 17.3 Å². The van der Waals surface area contributed by atoms with Crippen molar-refractivity contribution in [3.05, 3.63) is 41.5 Å². The van der Waals surface area contributed by atoms with Gasteiger partial charge in [-0.05, 0) is 30.5 Å². The minimum absolute atomic E-state index is 0.145. The van der Waals surface area contributed by atoms with Gasteiger partial charge < -0.3 is 19.7 Å². The van der Waals surface area contributed by atoms with Crippen LogP contribution in [0.2, 0.25) is 0 Å². The Morgan fingerprint density at radius 3 is 2.68 bits per heavy atom. The molecule has 1 aromatic heterocycles. The summed E-state index contributed by atoms with van der Waals surface area (Å²) in [5.41, 5.74) is 1.34.